The second-order valence-electron chi connectivity index (χ2n) is 3.12. The molecule has 0 unspecified atom stereocenters. The van der Waals surface area contributed by atoms with Gasteiger partial charge in [0, 0.05) is 20.3 Å². The van der Waals surface area contributed by atoms with Gasteiger partial charge in [-0.25, -0.2) is 0 Å². The zero-order valence-corrected chi connectivity index (χ0v) is 9.08. The highest BCUT2D eigenvalue weighted by Crippen LogP contribution is 2.06. The normalized spacial score (nSPS) is 15.2. The first kappa shape index (κ1) is 13.6. The maximum atomic E-state index is 10.5. The molecule has 0 N–H and O–H groups in total. The first-order valence-electron chi connectivity index (χ1n) is 4.87. The fraction of sp³-hybridized carbons (Fsp3) is 0.700. The molecule has 0 atom stereocenters. The SMILES string of the molecule is CC(=O)OC(C)=O.O=C1CCCCCO1. The van der Waals surface area contributed by atoms with Gasteiger partial charge >= 0.3 is 17.9 Å². The molecule has 0 spiro atoms. The van der Waals surface area contributed by atoms with E-state index in [4.69, 9.17) is 4.74 Å². The highest BCUT2D eigenvalue weighted by atomic mass is 16.6. The first-order valence-corrected chi connectivity index (χ1v) is 4.87. The Morgan fingerprint density at radius 1 is 1.13 bits per heavy atom. The van der Waals surface area contributed by atoms with Crippen LogP contribution in [0.4, 0.5) is 0 Å². The predicted molar refractivity (Wildman–Crippen MR) is 51.9 cm³/mol. The minimum atomic E-state index is -0.562. The molecule has 15 heavy (non-hydrogen) atoms. The van der Waals surface area contributed by atoms with Gasteiger partial charge in [0.25, 0.3) is 0 Å². The molecule has 1 fully saturated rings. The molecule has 1 aliphatic heterocycles. The number of ether oxygens (including phenoxy) is 2. The zero-order valence-electron chi connectivity index (χ0n) is 9.08. The summed E-state index contributed by atoms with van der Waals surface area (Å²) in [5.74, 6) is -1.15. The van der Waals surface area contributed by atoms with Crippen molar-refractivity contribution >= 4 is 17.9 Å². The number of cyclic esters (lactones) is 1. The summed E-state index contributed by atoms with van der Waals surface area (Å²) in [4.78, 5) is 30.1. The van der Waals surface area contributed by atoms with Gasteiger partial charge in [0.1, 0.15) is 0 Å². The number of hydrogen-bond acceptors (Lipinski definition) is 5. The van der Waals surface area contributed by atoms with Crippen LogP contribution in [0.5, 0.6) is 0 Å². The molecule has 0 saturated carbocycles. The second-order valence-corrected chi connectivity index (χ2v) is 3.12. The van der Waals surface area contributed by atoms with Crippen LogP contribution in [0.1, 0.15) is 39.5 Å². The van der Waals surface area contributed by atoms with Gasteiger partial charge in [0.15, 0.2) is 0 Å². The lowest BCUT2D eigenvalue weighted by atomic mass is 10.2. The van der Waals surface area contributed by atoms with Gasteiger partial charge in [-0.15, -0.1) is 0 Å². The van der Waals surface area contributed by atoms with Crippen molar-refractivity contribution in [1.82, 2.24) is 0 Å². The molecule has 0 aromatic heterocycles. The Balaban J connectivity index is 0.000000265. The van der Waals surface area contributed by atoms with E-state index in [1.54, 1.807) is 0 Å². The van der Waals surface area contributed by atoms with Crippen molar-refractivity contribution in [2.75, 3.05) is 6.61 Å². The molecule has 0 aromatic rings. The van der Waals surface area contributed by atoms with Gasteiger partial charge in [0.05, 0.1) is 6.61 Å². The van der Waals surface area contributed by atoms with Crippen LogP contribution in [0.25, 0.3) is 0 Å². The summed E-state index contributed by atoms with van der Waals surface area (Å²) in [6.07, 6.45) is 3.83. The quantitative estimate of drug-likeness (QED) is 0.449. The van der Waals surface area contributed by atoms with Gasteiger partial charge in [-0.1, -0.05) is 0 Å². The molecule has 1 saturated heterocycles. The molecule has 0 amide bonds. The van der Waals surface area contributed by atoms with Gasteiger partial charge in [-0.3, -0.25) is 14.4 Å². The maximum Gasteiger partial charge on any atom is 0.310 e. The van der Waals surface area contributed by atoms with E-state index in [1.807, 2.05) is 0 Å². The summed E-state index contributed by atoms with van der Waals surface area (Å²) in [6.45, 7) is 3.00. The van der Waals surface area contributed by atoms with Crippen LogP contribution in [0.3, 0.4) is 0 Å². The lowest BCUT2D eigenvalue weighted by molar-refractivity contribution is -0.156. The van der Waals surface area contributed by atoms with Gasteiger partial charge in [-0.05, 0) is 19.3 Å². The minimum absolute atomic E-state index is 0.0255. The monoisotopic (exact) mass is 216 g/mol. The van der Waals surface area contributed by atoms with Crippen LogP contribution in [-0.2, 0) is 23.9 Å². The van der Waals surface area contributed by atoms with Gasteiger partial charge < -0.3 is 9.47 Å². The zero-order chi connectivity index (χ0) is 11.7. The number of carbonyl (C=O) groups is 3. The fourth-order valence-electron chi connectivity index (χ4n) is 1.01. The van der Waals surface area contributed by atoms with Crippen molar-refractivity contribution in [1.29, 1.82) is 0 Å². The average molecular weight is 216 g/mol. The smallest absolute Gasteiger partial charge is 0.310 e. The van der Waals surface area contributed by atoms with Crippen molar-refractivity contribution in [2.45, 2.75) is 39.5 Å². The summed E-state index contributed by atoms with van der Waals surface area (Å²) < 4.78 is 8.74. The molecule has 86 valence electrons. The first-order chi connectivity index (χ1) is 7.02. The molecule has 0 aromatic carbocycles. The molecule has 1 aliphatic rings. The molecular weight excluding hydrogens is 200 g/mol. The van der Waals surface area contributed by atoms with Crippen molar-refractivity contribution < 1.29 is 23.9 Å². The Hall–Kier alpha value is -1.39. The molecular formula is C10H16O5. The summed E-state index contributed by atoms with van der Waals surface area (Å²) >= 11 is 0. The highest BCUT2D eigenvalue weighted by molar-refractivity contribution is 5.82. The third-order valence-electron chi connectivity index (χ3n) is 1.58. The van der Waals surface area contributed by atoms with Crippen molar-refractivity contribution in [3.8, 4) is 0 Å². The van der Waals surface area contributed by atoms with Crippen LogP contribution < -0.4 is 0 Å². The Morgan fingerprint density at radius 3 is 2.20 bits per heavy atom. The van der Waals surface area contributed by atoms with Crippen LogP contribution in [0.15, 0.2) is 0 Å². The van der Waals surface area contributed by atoms with Crippen LogP contribution in [-0.4, -0.2) is 24.5 Å². The lowest BCUT2D eigenvalue weighted by Gasteiger charge is -1.93. The maximum absolute atomic E-state index is 10.5. The third-order valence-corrected chi connectivity index (χ3v) is 1.58. The van der Waals surface area contributed by atoms with Crippen molar-refractivity contribution in [2.24, 2.45) is 0 Å². The largest absolute Gasteiger partial charge is 0.466 e. The van der Waals surface area contributed by atoms with Crippen LogP contribution in [0.2, 0.25) is 0 Å². The van der Waals surface area contributed by atoms with E-state index in [9.17, 15) is 14.4 Å². The fourth-order valence-corrected chi connectivity index (χ4v) is 1.01. The van der Waals surface area contributed by atoms with E-state index in [1.165, 1.54) is 13.8 Å². The minimum Gasteiger partial charge on any atom is -0.466 e. The standard InChI is InChI=1S/C6H10O2.C4H6O3/c7-6-4-2-1-3-5-8-6;1-3(5)7-4(2)6/h1-5H2;1-2H3. The summed E-state index contributed by atoms with van der Waals surface area (Å²) in [5, 5.41) is 0. The lowest BCUT2D eigenvalue weighted by Crippen LogP contribution is -2.03. The highest BCUT2D eigenvalue weighted by Gasteiger charge is 2.05. The number of hydrogen-bond donors (Lipinski definition) is 0. The van der Waals surface area contributed by atoms with E-state index >= 15 is 0 Å². The Kier molecular flexibility index (Phi) is 7.23. The molecule has 5 heteroatoms. The topological polar surface area (TPSA) is 69.7 Å². The van der Waals surface area contributed by atoms with E-state index in [0.29, 0.717) is 13.0 Å². The Morgan fingerprint density at radius 2 is 1.73 bits per heavy atom. The van der Waals surface area contributed by atoms with Crippen molar-refractivity contribution in [3.63, 3.8) is 0 Å². The summed E-state index contributed by atoms with van der Waals surface area (Å²) in [7, 11) is 0. The second kappa shape index (κ2) is 7.96. The predicted octanol–water partition coefficient (Wildman–Crippen LogP) is 1.20. The van der Waals surface area contributed by atoms with Gasteiger partial charge in [0.2, 0.25) is 0 Å². The van der Waals surface area contributed by atoms with E-state index in [0.717, 1.165) is 19.3 Å². The van der Waals surface area contributed by atoms with Crippen LogP contribution >= 0.6 is 0 Å². The molecule has 0 bridgehead atoms. The van der Waals surface area contributed by atoms with Crippen molar-refractivity contribution in [3.05, 3.63) is 0 Å². The number of esters is 3. The molecule has 5 nitrogen and oxygen atoms in total. The number of carbonyl (C=O) groups excluding carboxylic acids is 3. The Bertz CT molecular complexity index is 212. The third kappa shape index (κ3) is 10.5. The number of rotatable bonds is 0. The van der Waals surface area contributed by atoms with E-state index in [-0.39, 0.29) is 5.97 Å². The van der Waals surface area contributed by atoms with E-state index < -0.39 is 11.9 Å². The molecule has 0 radical (unpaired) electrons. The average Bonchev–Trinajstić information content (AvgIpc) is 2.30. The molecule has 1 rings (SSSR count). The van der Waals surface area contributed by atoms with E-state index in [2.05, 4.69) is 4.74 Å². The molecule has 0 aliphatic carbocycles. The van der Waals surface area contributed by atoms with Crippen LogP contribution in [0, 0.1) is 0 Å². The summed E-state index contributed by atoms with van der Waals surface area (Å²) in [6, 6.07) is 0. The van der Waals surface area contributed by atoms with Gasteiger partial charge in [-0.2, -0.15) is 0 Å². The summed E-state index contributed by atoms with van der Waals surface area (Å²) in [5.41, 5.74) is 0. The Labute approximate surface area is 88.7 Å². The molecule has 1 heterocycles.